The molecular formula is C13H16N2O. The van der Waals surface area contributed by atoms with Crippen LogP contribution in [0, 0.1) is 0 Å². The van der Waals surface area contributed by atoms with E-state index >= 15 is 0 Å². The standard InChI is InChI=1S/C13H16N2O/c16-13-8-4-3-7-12(13)15-9-14-10-5-1-2-6-11(10)15/h1-2,5-6,9,12-13,16H,3-4,7-8H2. The number of hydrogen-bond acceptors (Lipinski definition) is 2. The van der Waals surface area contributed by atoms with Gasteiger partial charge < -0.3 is 9.67 Å². The molecule has 3 nitrogen and oxygen atoms in total. The Morgan fingerprint density at radius 3 is 2.88 bits per heavy atom. The SMILES string of the molecule is OC1CCCCC1n1cnc2ccccc21. The largest absolute Gasteiger partial charge is 0.391 e. The average molecular weight is 216 g/mol. The molecule has 1 aromatic carbocycles. The molecule has 16 heavy (non-hydrogen) atoms. The van der Waals surface area contributed by atoms with Crippen molar-refractivity contribution in [3.8, 4) is 0 Å². The van der Waals surface area contributed by atoms with E-state index in [9.17, 15) is 5.11 Å². The number of para-hydroxylation sites is 2. The van der Waals surface area contributed by atoms with Gasteiger partial charge >= 0.3 is 0 Å². The van der Waals surface area contributed by atoms with Gasteiger partial charge in [-0.1, -0.05) is 25.0 Å². The summed E-state index contributed by atoms with van der Waals surface area (Å²) in [7, 11) is 0. The first-order chi connectivity index (χ1) is 7.86. The summed E-state index contributed by atoms with van der Waals surface area (Å²) in [6.45, 7) is 0. The molecule has 84 valence electrons. The van der Waals surface area contributed by atoms with Crippen molar-refractivity contribution in [3.05, 3.63) is 30.6 Å². The Bertz CT molecular complexity index is 491. The van der Waals surface area contributed by atoms with Gasteiger partial charge in [-0.2, -0.15) is 0 Å². The number of benzene rings is 1. The predicted molar refractivity (Wildman–Crippen MR) is 63.2 cm³/mol. The Labute approximate surface area is 94.7 Å². The zero-order valence-electron chi connectivity index (χ0n) is 9.21. The maximum atomic E-state index is 10.1. The third-order valence-electron chi connectivity index (χ3n) is 3.53. The van der Waals surface area contributed by atoms with Crippen LogP contribution in [0.1, 0.15) is 31.7 Å². The molecule has 2 aromatic rings. The van der Waals surface area contributed by atoms with Gasteiger partial charge in [0.15, 0.2) is 0 Å². The highest BCUT2D eigenvalue weighted by Gasteiger charge is 2.25. The minimum Gasteiger partial charge on any atom is -0.391 e. The molecule has 0 spiro atoms. The molecule has 1 aliphatic carbocycles. The number of aromatic nitrogens is 2. The van der Waals surface area contributed by atoms with Crippen LogP contribution in [0.2, 0.25) is 0 Å². The maximum Gasteiger partial charge on any atom is 0.0961 e. The summed E-state index contributed by atoms with van der Waals surface area (Å²) in [5, 5.41) is 10.1. The van der Waals surface area contributed by atoms with Gasteiger partial charge in [-0.25, -0.2) is 4.98 Å². The van der Waals surface area contributed by atoms with Gasteiger partial charge in [0.2, 0.25) is 0 Å². The summed E-state index contributed by atoms with van der Waals surface area (Å²) in [6.07, 6.45) is 5.97. The van der Waals surface area contributed by atoms with Crippen LogP contribution in [0.4, 0.5) is 0 Å². The summed E-state index contributed by atoms with van der Waals surface area (Å²) in [6, 6.07) is 8.32. The Kier molecular flexibility index (Phi) is 2.40. The number of nitrogens with zero attached hydrogens (tertiary/aromatic N) is 2. The molecule has 0 amide bonds. The van der Waals surface area contributed by atoms with Gasteiger partial charge in [-0.05, 0) is 25.0 Å². The van der Waals surface area contributed by atoms with Crippen molar-refractivity contribution in [2.24, 2.45) is 0 Å². The minimum absolute atomic E-state index is 0.209. The molecule has 2 unspecified atom stereocenters. The fourth-order valence-electron chi connectivity index (χ4n) is 2.66. The zero-order chi connectivity index (χ0) is 11.0. The normalized spacial score (nSPS) is 26.1. The predicted octanol–water partition coefficient (Wildman–Crippen LogP) is 2.51. The highest BCUT2D eigenvalue weighted by molar-refractivity contribution is 5.75. The van der Waals surface area contributed by atoms with Crippen molar-refractivity contribution in [1.82, 2.24) is 9.55 Å². The quantitative estimate of drug-likeness (QED) is 0.795. The highest BCUT2D eigenvalue weighted by atomic mass is 16.3. The summed E-state index contributed by atoms with van der Waals surface area (Å²) in [5.41, 5.74) is 2.15. The molecule has 3 heteroatoms. The summed E-state index contributed by atoms with van der Waals surface area (Å²) >= 11 is 0. The number of fused-ring (bicyclic) bond motifs is 1. The van der Waals surface area contributed by atoms with Gasteiger partial charge in [0.1, 0.15) is 0 Å². The zero-order valence-corrected chi connectivity index (χ0v) is 9.21. The van der Waals surface area contributed by atoms with Crippen LogP contribution >= 0.6 is 0 Å². The molecular weight excluding hydrogens is 200 g/mol. The third-order valence-corrected chi connectivity index (χ3v) is 3.53. The van der Waals surface area contributed by atoms with E-state index in [1.54, 1.807) is 0 Å². The molecule has 1 saturated carbocycles. The number of aliphatic hydroxyl groups is 1. The summed E-state index contributed by atoms with van der Waals surface area (Å²) in [5.74, 6) is 0. The number of aliphatic hydroxyl groups excluding tert-OH is 1. The maximum absolute atomic E-state index is 10.1. The lowest BCUT2D eigenvalue weighted by Gasteiger charge is -2.29. The average Bonchev–Trinajstić information content (AvgIpc) is 2.74. The van der Waals surface area contributed by atoms with Gasteiger partial charge in [0, 0.05) is 0 Å². The molecule has 2 atom stereocenters. The second-order valence-electron chi connectivity index (χ2n) is 4.56. The second-order valence-corrected chi connectivity index (χ2v) is 4.56. The Morgan fingerprint density at radius 1 is 1.19 bits per heavy atom. The van der Waals surface area contributed by atoms with Gasteiger partial charge in [-0.3, -0.25) is 0 Å². The van der Waals surface area contributed by atoms with Crippen LogP contribution in [0.5, 0.6) is 0 Å². The monoisotopic (exact) mass is 216 g/mol. The fourth-order valence-corrected chi connectivity index (χ4v) is 2.66. The molecule has 0 radical (unpaired) electrons. The van der Waals surface area contributed by atoms with Crippen molar-refractivity contribution in [1.29, 1.82) is 0 Å². The first kappa shape index (κ1) is 9.85. The van der Waals surface area contributed by atoms with E-state index in [1.165, 1.54) is 6.42 Å². The van der Waals surface area contributed by atoms with E-state index in [0.717, 1.165) is 30.3 Å². The highest BCUT2D eigenvalue weighted by Crippen LogP contribution is 2.30. The number of hydrogen-bond donors (Lipinski definition) is 1. The lowest BCUT2D eigenvalue weighted by atomic mass is 9.92. The minimum atomic E-state index is -0.216. The van der Waals surface area contributed by atoms with E-state index in [2.05, 4.69) is 15.6 Å². The summed E-state index contributed by atoms with van der Waals surface area (Å²) < 4.78 is 2.14. The van der Waals surface area contributed by atoms with Gasteiger partial charge in [-0.15, -0.1) is 0 Å². The van der Waals surface area contributed by atoms with E-state index in [1.807, 2.05) is 24.5 Å². The van der Waals surface area contributed by atoms with E-state index in [-0.39, 0.29) is 12.1 Å². The molecule has 1 heterocycles. The molecule has 1 aliphatic rings. The van der Waals surface area contributed by atoms with Crippen LogP contribution in [0.3, 0.4) is 0 Å². The Morgan fingerprint density at radius 2 is 2.00 bits per heavy atom. The lowest BCUT2D eigenvalue weighted by molar-refractivity contribution is 0.0773. The molecule has 0 bridgehead atoms. The molecule has 1 fully saturated rings. The van der Waals surface area contributed by atoms with Crippen LogP contribution in [-0.2, 0) is 0 Å². The van der Waals surface area contributed by atoms with Crippen LogP contribution in [0.15, 0.2) is 30.6 Å². The van der Waals surface area contributed by atoms with Crippen LogP contribution in [-0.4, -0.2) is 20.8 Å². The van der Waals surface area contributed by atoms with Gasteiger partial charge in [0.25, 0.3) is 0 Å². The van der Waals surface area contributed by atoms with Crippen LogP contribution < -0.4 is 0 Å². The van der Waals surface area contributed by atoms with Crippen molar-refractivity contribution >= 4 is 11.0 Å². The van der Waals surface area contributed by atoms with Crippen molar-refractivity contribution in [2.45, 2.75) is 37.8 Å². The first-order valence-corrected chi connectivity index (χ1v) is 5.96. The summed E-state index contributed by atoms with van der Waals surface area (Å²) in [4.78, 5) is 4.38. The Hall–Kier alpha value is -1.35. The third kappa shape index (κ3) is 1.52. The van der Waals surface area contributed by atoms with Crippen molar-refractivity contribution in [2.75, 3.05) is 0 Å². The molecule has 1 N–H and O–H groups in total. The second kappa shape index (κ2) is 3.91. The van der Waals surface area contributed by atoms with E-state index < -0.39 is 0 Å². The smallest absolute Gasteiger partial charge is 0.0961 e. The molecule has 0 aliphatic heterocycles. The molecule has 3 rings (SSSR count). The molecule has 0 saturated heterocycles. The van der Waals surface area contributed by atoms with Crippen molar-refractivity contribution in [3.63, 3.8) is 0 Å². The van der Waals surface area contributed by atoms with Gasteiger partial charge in [0.05, 0.1) is 29.5 Å². The number of imidazole rings is 1. The lowest BCUT2D eigenvalue weighted by Crippen LogP contribution is -2.27. The fraction of sp³-hybridized carbons (Fsp3) is 0.462. The topological polar surface area (TPSA) is 38.0 Å². The van der Waals surface area contributed by atoms with E-state index in [0.29, 0.717) is 0 Å². The van der Waals surface area contributed by atoms with E-state index in [4.69, 9.17) is 0 Å². The Balaban J connectivity index is 2.04. The van der Waals surface area contributed by atoms with Crippen molar-refractivity contribution < 1.29 is 5.11 Å². The number of rotatable bonds is 1. The molecule has 1 aromatic heterocycles. The van der Waals surface area contributed by atoms with Crippen LogP contribution in [0.25, 0.3) is 11.0 Å². The first-order valence-electron chi connectivity index (χ1n) is 5.96.